The predicted molar refractivity (Wildman–Crippen MR) is 44.4 cm³/mol. The summed E-state index contributed by atoms with van der Waals surface area (Å²) in [6.07, 6.45) is 1.77. The van der Waals surface area contributed by atoms with Gasteiger partial charge in [-0.2, -0.15) is 0 Å². The van der Waals surface area contributed by atoms with E-state index >= 15 is 0 Å². The van der Waals surface area contributed by atoms with Crippen LogP contribution in [0.5, 0.6) is 0 Å². The Morgan fingerprint density at radius 3 is 2.55 bits per heavy atom. The van der Waals surface area contributed by atoms with Crippen molar-refractivity contribution >= 4 is 17.3 Å². The van der Waals surface area contributed by atoms with E-state index in [4.69, 9.17) is 0 Å². The highest BCUT2D eigenvalue weighted by molar-refractivity contribution is 7.07. The van der Waals surface area contributed by atoms with Crippen LogP contribution in [0.15, 0.2) is 17.1 Å². The van der Waals surface area contributed by atoms with E-state index in [1.54, 1.807) is 30.0 Å². The molecule has 0 radical (unpaired) electrons. The predicted octanol–water partition coefficient (Wildman–Crippen LogP) is 1.71. The van der Waals surface area contributed by atoms with Gasteiger partial charge in [0.05, 0.1) is 12.1 Å². The van der Waals surface area contributed by atoms with E-state index in [1.165, 1.54) is 6.92 Å². The van der Waals surface area contributed by atoms with Crippen molar-refractivity contribution in [2.45, 2.75) is 13.8 Å². The average Bonchev–Trinajstić information content (AvgIpc) is 2.41. The lowest BCUT2D eigenvalue weighted by Crippen LogP contribution is -1.95. The number of esters is 1. The summed E-state index contributed by atoms with van der Waals surface area (Å²) in [6.45, 7) is 3.65. The fraction of sp³-hybridized carbons (Fsp3) is 0.429. The largest absolute Gasteiger partial charge is 0.466 e. The van der Waals surface area contributed by atoms with Crippen molar-refractivity contribution in [1.29, 1.82) is 0 Å². The van der Waals surface area contributed by atoms with Crippen LogP contribution in [0.25, 0.3) is 0 Å². The molecule has 0 aromatic carbocycles. The van der Waals surface area contributed by atoms with Gasteiger partial charge in [0.15, 0.2) is 0 Å². The molecule has 1 aromatic heterocycles. The second kappa shape index (κ2) is 7.21. The minimum absolute atomic E-state index is 0.211. The SMILES string of the molecule is CCOC(C)=O.c1cscn1. The highest BCUT2D eigenvalue weighted by Crippen LogP contribution is 1.85. The summed E-state index contributed by atoms with van der Waals surface area (Å²) < 4.78 is 4.40. The maximum atomic E-state index is 9.82. The zero-order valence-electron chi connectivity index (χ0n) is 6.61. The van der Waals surface area contributed by atoms with E-state index in [0.717, 1.165) is 0 Å². The third-order valence-electron chi connectivity index (χ3n) is 0.695. The van der Waals surface area contributed by atoms with Crippen LogP contribution in [0.1, 0.15) is 13.8 Å². The van der Waals surface area contributed by atoms with E-state index < -0.39 is 0 Å². The fourth-order valence-electron chi connectivity index (χ4n) is 0.379. The molecule has 0 aliphatic carbocycles. The zero-order chi connectivity index (χ0) is 8.53. The number of carbonyl (C=O) groups excluding carboxylic acids is 1. The van der Waals surface area contributed by atoms with E-state index in [-0.39, 0.29) is 5.97 Å². The monoisotopic (exact) mass is 173 g/mol. The van der Waals surface area contributed by atoms with Crippen molar-refractivity contribution in [2.24, 2.45) is 0 Å². The molecule has 0 saturated heterocycles. The Bertz CT molecular complexity index is 157. The third kappa shape index (κ3) is 9.10. The maximum absolute atomic E-state index is 9.82. The van der Waals surface area contributed by atoms with Crippen LogP contribution in [-0.2, 0) is 9.53 Å². The highest BCUT2D eigenvalue weighted by Gasteiger charge is 1.81. The van der Waals surface area contributed by atoms with Crippen LogP contribution >= 0.6 is 11.3 Å². The Morgan fingerprint density at radius 1 is 1.73 bits per heavy atom. The van der Waals surface area contributed by atoms with Crippen LogP contribution < -0.4 is 0 Å². The van der Waals surface area contributed by atoms with Crippen molar-refractivity contribution in [1.82, 2.24) is 4.98 Å². The van der Waals surface area contributed by atoms with Gasteiger partial charge in [-0.15, -0.1) is 11.3 Å². The van der Waals surface area contributed by atoms with Crippen molar-refractivity contribution in [2.75, 3.05) is 6.61 Å². The summed E-state index contributed by atoms with van der Waals surface area (Å²) in [5.74, 6) is -0.211. The lowest BCUT2D eigenvalue weighted by molar-refractivity contribution is -0.140. The summed E-state index contributed by atoms with van der Waals surface area (Å²) in [6, 6.07) is 0. The molecule has 4 heteroatoms. The molecule has 0 aliphatic heterocycles. The van der Waals surface area contributed by atoms with Gasteiger partial charge in [-0.05, 0) is 6.92 Å². The van der Waals surface area contributed by atoms with Gasteiger partial charge in [-0.3, -0.25) is 9.78 Å². The molecule has 1 aromatic rings. The van der Waals surface area contributed by atoms with E-state index in [2.05, 4.69) is 9.72 Å². The number of aromatic nitrogens is 1. The molecular weight excluding hydrogens is 162 g/mol. The number of rotatable bonds is 1. The van der Waals surface area contributed by atoms with Gasteiger partial charge in [-0.25, -0.2) is 0 Å². The molecule has 62 valence electrons. The first-order valence-corrected chi connectivity index (χ1v) is 4.17. The Kier molecular flexibility index (Phi) is 6.62. The summed E-state index contributed by atoms with van der Waals surface area (Å²) in [7, 11) is 0. The average molecular weight is 173 g/mol. The van der Waals surface area contributed by atoms with Crippen LogP contribution in [0.2, 0.25) is 0 Å². The van der Waals surface area contributed by atoms with Gasteiger partial charge in [-0.1, -0.05) is 0 Å². The first-order chi connectivity index (χ1) is 5.27. The molecule has 0 unspecified atom stereocenters. The van der Waals surface area contributed by atoms with Gasteiger partial charge in [0.2, 0.25) is 0 Å². The van der Waals surface area contributed by atoms with Crippen LogP contribution in [-0.4, -0.2) is 17.6 Å². The second-order valence-corrected chi connectivity index (χ2v) is 2.36. The van der Waals surface area contributed by atoms with Crippen molar-refractivity contribution in [3.05, 3.63) is 17.1 Å². The summed E-state index contributed by atoms with van der Waals surface area (Å²) >= 11 is 1.60. The molecular formula is C7H11NO2S. The Balaban J connectivity index is 0.000000183. The Morgan fingerprint density at radius 2 is 2.45 bits per heavy atom. The molecule has 0 aliphatic rings. The van der Waals surface area contributed by atoms with Crippen molar-refractivity contribution in [3.63, 3.8) is 0 Å². The quantitative estimate of drug-likeness (QED) is 0.607. The lowest BCUT2D eigenvalue weighted by Gasteiger charge is -1.89. The number of hydrogen-bond donors (Lipinski definition) is 0. The van der Waals surface area contributed by atoms with E-state index in [1.807, 2.05) is 5.38 Å². The van der Waals surface area contributed by atoms with Gasteiger partial charge >= 0.3 is 5.97 Å². The molecule has 0 atom stereocenters. The van der Waals surface area contributed by atoms with Gasteiger partial charge in [0, 0.05) is 18.5 Å². The van der Waals surface area contributed by atoms with Crippen LogP contribution in [0.4, 0.5) is 0 Å². The molecule has 0 bridgehead atoms. The molecule has 0 spiro atoms. The van der Waals surface area contributed by atoms with Crippen molar-refractivity contribution < 1.29 is 9.53 Å². The number of thiazole rings is 1. The fourth-order valence-corrected chi connectivity index (χ4v) is 0.730. The summed E-state index contributed by atoms with van der Waals surface area (Å²) in [5.41, 5.74) is 1.79. The van der Waals surface area contributed by atoms with Gasteiger partial charge in [0.1, 0.15) is 0 Å². The number of carbonyl (C=O) groups is 1. The van der Waals surface area contributed by atoms with E-state index in [0.29, 0.717) is 6.61 Å². The molecule has 1 rings (SSSR count). The van der Waals surface area contributed by atoms with Gasteiger partial charge in [0.25, 0.3) is 0 Å². The minimum Gasteiger partial charge on any atom is -0.466 e. The molecule has 0 N–H and O–H groups in total. The zero-order valence-corrected chi connectivity index (χ0v) is 7.43. The molecule has 0 fully saturated rings. The first-order valence-electron chi connectivity index (χ1n) is 3.23. The first kappa shape index (κ1) is 10.1. The normalized spacial score (nSPS) is 7.82. The summed E-state index contributed by atoms with van der Waals surface area (Å²) in [5, 5.41) is 1.93. The van der Waals surface area contributed by atoms with Gasteiger partial charge < -0.3 is 4.74 Å². The van der Waals surface area contributed by atoms with Crippen molar-refractivity contribution in [3.8, 4) is 0 Å². The second-order valence-electron chi connectivity index (χ2n) is 1.60. The highest BCUT2D eigenvalue weighted by atomic mass is 32.1. The Hall–Kier alpha value is -0.900. The topological polar surface area (TPSA) is 39.2 Å². The number of nitrogens with zero attached hydrogens (tertiary/aromatic N) is 1. The maximum Gasteiger partial charge on any atom is 0.302 e. The Labute approximate surface area is 70.0 Å². The van der Waals surface area contributed by atoms with Crippen LogP contribution in [0.3, 0.4) is 0 Å². The molecule has 1 heterocycles. The molecule has 3 nitrogen and oxygen atoms in total. The lowest BCUT2D eigenvalue weighted by atomic mass is 10.8. The smallest absolute Gasteiger partial charge is 0.302 e. The third-order valence-corrected chi connectivity index (χ3v) is 1.22. The minimum atomic E-state index is -0.211. The van der Waals surface area contributed by atoms with Crippen LogP contribution in [0, 0.1) is 0 Å². The molecule has 0 saturated carbocycles. The number of ether oxygens (including phenoxy) is 1. The molecule has 0 amide bonds. The molecule has 11 heavy (non-hydrogen) atoms. The standard InChI is InChI=1S/C4H8O2.C3H3NS/c1-3-6-4(2)5;1-2-5-3-4-1/h3H2,1-2H3;1-3H. The van der Waals surface area contributed by atoms with E-state index in [9.17, 15) is 4.79 Å². The summed E-state index contributed by atoms with van der Waals surface area (Å²) in [4.78, 5) is 13.6. The number of hydrogen-bond acceptors (Lipinski definition) is 4.